The predicted molar refractivity (Wildman–Crippen MR) is 87.7 cm³/mol. The number of hydrogen-bond donors (Lipinski definition) is 2. The van der Waals surface area contributed by atoms with Crippen LogP contribution in [-0.4, -0.2) is 26.7 Å². The van der Waals surface area contributed by atoms with E-state index in [1.165, 1.54) is 0 Å². The molecule has 0 saturated heterocycles. The van der Waals surface area contributed by atoms with Crippen molar-refractivity contribution in [1.29, 1.82) is 0 Å². The lowest BCUT2D eigenvalue weighted by molar-refractivity contribution is 0.00220. The van der Waals surface area contributed by atoms with Crippen molar-refractivity contribution in [1.82, 2.24) is 4.72 Å². The van der Waals surface area contributed by atoms with Crippen LogP contribution in [0.3, 0.4) is 0 Å². The van der Waals surface area contributed by atoms with Gasteiger partial charge in [-0.15, -0.1) is 11.3 Å². The Morgan fingerprint density at radius 1 is 1.36 bits per heavy atom. The maximum Gasteiger partial charge on any atom is 0.251 e. The van der Waals surface area contributed by atoms with Crippen LogP contribution in [0.15, 0.2) is 44.4 Å². The van der Waals surface area contributed by atoms with E-state index in [-0.39, 0.29) is 10.8 Å². The molecular formula is C14H14BrNO4S2. The van der Waals surface area contributed by atoms with Gasteiger partial charge in [-0.1, -0.05) is 18.2 Å². The second-order valence-corrected chi connectivity index (χ2v) is 8.74. The summed E-state index contributed by atoms with van der Waals surface area (Å²) in [6, 6.07) is 8.81. The quantitative estimate of drug-likeness (QED) is 0.821. The lowest BCUT2D eigenvalue weighted by Gasteiger charge is -2.34. The van der Waals surface area contributed by atoms with Crippen LogP contribution in [-0.2, 0) is 15.6 Å². The summed E-state index contributed by atoms with van der Waals surface area (Å²) >= 11 is 4.34. The van der Waals surface area contributed by atoms with Crippen molar-refractivity contribution in [2.75, 3.05) is 13.2 Å². The van der Waals surface area contributed by atoms with Gasteiger partial charge in [0.05, 0.1) is 6.61 Å². The number of aliphatic hydroxyl groups is 1. The first kappa shape index (κ1) is 15.9. The van der Waals surface area contributed by atoms with Gasteiger partial charge in [0, 0.05) is 23.0 Å². The number of ether oxygens (including phenoxy) is 1. The zero-order valence-electron chi connectivity index (χ0n) is 11.5. The van der Waals surface area contributed by atoms with Gasteiger partial charge in [0.2, 0.25) is 0 Å². The van der Waals surface area contributed by atoms with E-state index < -0.39 is 15.6 Å². The lowest BCUT2D eigenvalue weighted by Crippen LogP contribution is -2.43. The van der Waals surface area contributed by atoms with Crippen molar-refractivity contribution in [3.05, 3.63) is 45.7 Å². The molecule has 3 rings (SSSR count). The monoisotopic (exact) mass is 403 g/mol. The minimum atomic E-state index is -3.67. The van der Waals surface area contributed by atoms with Crippen LogP contribution < -0.4 is 9.46 Å². The van der Waals surface area contributed by atoms with E-state index in [1.807, 2.05) is 6.07 Å². The molecule has 8 heteroatoms. The first-order valence-corrected chi connectivity index (χ1v) is 9.75. The van der Waals surface area contributed by atoms with Gasteiger partial charge in [-0.25, -0.2) is 13.1 Å². The molecule has 2 N–H and O–H groups in total. The van der Waals surface area contributed by atoms with E-state index in [1.54, 1.807) is 29.6 Å². The van der Waals surface area contributed by atoms with Gasteiger partial charge in [0.1, 0.15) is 15.6 Å². The zero-order chi connectivity index (χ0) is 15.8. The topological polar surface area (TPSA) is 75.6 Å². The number of thiophene rings is 1. The Hall–Kier alpha value is -0.930. The summed E-state index contributed by atoms with van der Waals surface area (Å²) in [4.78, 5) is 0. The SMILES string of the molecule is O=S(=O)(NCC1(O)CCOc2ccccc21)c1sccc1Br. The van der Waals surface area contributed by atoms with Crippen molar-refractivity contribution in [2.45, 2.75) is 16.2 Å². The van der Waals surface area contributed by atoms with Crippen LogP contribution in [0.5, 0.6) is 5.75 Å². The Balaban J connectivity index is 1.84. The van der Waals surface area contributed by atoms with Gasteiger partial charge in [0.25, 0.3) is 10.0 Å². The molecule has 0 spiro atoms. The minimum Gasteiger partial charge on any atom is -0.493 e. The third-order valence-corrected chi connectivity index (χ3v) is 7.62. The molecule has 1 unspecified atom stereocenters. The summed E-state index contributed by atoms with van der Waals surface area (Å²) in [5, 5.41) is 12.5. The molecular weight excluding hydrogens is 390 g/mol. The molecule has 0 aliphatic carbocycles. The van der Waals surface area contributed by atoms with Gasteiger partial charge in [-0.3, -0.25) is 0 Å². The average Bonchev–Trinajstić information content (AvgIpc) is 2.93. The molecule has 2 aromatic rings. The minimum absolute atomic E-state index is 0.0972. The van der Waals surface area contributed by atoms with Crippen LogP contribution in [0, 0.1) is 0 Å². The molecule has 22 heavy (non-hydrogen) atoms. The lowest BCUT2D eigenvalue weighted by atomic mass is 9.88. The molecule has 0 radical (unpaired) electrons. The van der Waals surface area contributed by atoms with Crippen LogP contribution >= 0.6 is 27.3 Å². The summed E-state index contributed by atoms with van der Waals surface area (Å²) in [5.74, 6) is 0.591. The number of rotatable bonds is 4. The molecule has 118 valence electrons. The van der Waals surface area contributed by atoms with E-state index in [9.17, 15) is 13.5 Å². The van der Waals surface area contributed by atoms with Crippen LogP contribution in [0.25, 0.3) is 0 Å². The zero-order valence-corrected chi connectivity index (χ0v) is 14.7. The van der Waals surface area contributed by atoms with Crippen molar-refractivity contribution in [3.63, 3.8) is 0 Å². The van der Waals surface area contributed by atoms with Crippen LogP contribution in [0.1, 0.15) is 12.0 Å². The standard InChI is InChI=1S/C14H14BrNO4S2/c15-11-5-8-21-13(11)22(18,19)16-9-14(17)6-7-20-12-4-2-1-3-10(12)14/h1-5,8,16-17H,6-7,9H2. The van der Waals surface area contributed by atoms with E-state index in [2.05, 4.69) is 20.7 Å². The number of fused-ring (bicyclic) bond motifs is 1. The number of hydrogen-bond acceptors (Lipinski definition) is 5. The van der Waals surface area contributed by atoms with Crippen LogP contribution in [0.2, 0.25) is 0 Å². The van der Waals surface area contributed by atoms with E-state index in [0.29, 0.717) is 28.8 Å². The van der Waals surface area contributed by atoms with Crippen molar-refractivity contribution < 1.29 is 18.3 Å². The maximum absolute atomic E-state index is 12.3. The summed E-state index contributed by atoms with van der Waals surface area (Å²) in [6.45, 7) is 0.248. The highest BCUT2D eigenvalue weighted by Gasteiger charge is 2.37. The molecule has 0 bridgehead atoms. The average molecular weight is 404 g/mol. The molecule has 0 saturated carbocycles. The Bertz CT molecular complexity index is 790. The molecule has 2 heterocycles. The van der Waals surface area contributed by atoms with Gasteiger partial charge in [0.15, 0.2) is 0 Å². The van der Waals surface area contributed by atoms with E-state index >= 15 is 0 Å². The Kier molecular flexibility index (Phi) is 4.30. The fourth-order valence-corrected chi connectivity index (χ4v) is 5.85. The smallest absolute Gasteiger partial charge is 0.251 e. The third kappa shape index (κ3) is 2.93. The molecule has 1 aromatic heterocycles. The highest BCUT2D eigenvalue weighted by atomic mass is 79.9. The molecule has 1 aliphatic rings. The summed E-state index contributed by atoms with van der Waals surface area (Å²) < 4.78 is 33.4. The highest BCUT2D eigenvalue weighted by Crippen LogP contribution is 2.37. The van der Waals surface area contributed by atoms with Crippen molar-refractivity contribution >= 4 is 37.3 Å². The Morgan fingerprint density at radius 2 is 2.14 bits per heavy atom. The van der Waals surface area contributed by atoms with Gasteiger partial charge < -0.3 is 9.84 Å². The van der Waals surface area contributed by atoms with E-state index in [0.717, 1.165) is 11.3 Å². The number of sulfonamides is 1. The number of nitrogens with one attached hydrogen (secondary N) is 1. The predicted octanol–water partition coefficient (Wildman–Crippen LogP) is 2.46. The second kappa shape index (κ2) is 5.93. The molecule has 0 fully saturated rings. The summed E-state index contributed by atoms with van der Waals surface area (Å²) in [7, 11) is -3.67. The maximum atomic E-state index is 12.3. The fourth-order valence-electron chi connectivity index (χ4n) is 2.38. The van der Waals surface area contributed by atoms with Gasteiger partial charge >= 0.3 is 0 Å². The second-order valence-electron chi connectivity index (χ2n) is 5.01. The number of para-hydroxylation sites is 1. The largest absolute Gasteiger partial charge is 0.493 e. The molecule has 1 aliphatic heterocycles. The third-order valence-electron chi connectivity index (χ3n) is 3.54. The molecule has 5 nitrogen and oxygen atoms in total. The molecule has 0 amide bonds. The first-order valence-electron chi connectivity index (χ1n) is 6.60. The van der Waals surface area contributed by atoms with E-state index in [4.69, 9.17) is 4.74 Å². The Morgan fingerprint density at radius 3 is 2.86 bits per heavy atom. The summed E-state index contributed by atoms with van der Waals surface area (Å²) in [6.07, 6.45) is 0.331. The fraction of sp³-hybridized carbons (Fsp3) is 0.286. The van der Waals surface area contributed by atoms with Gasteiger partial charge in [-0.05, 0) is 33.4 Å². The normalized spacial score (nSPS) is 21.2. The highest BCUT2D eigenvalue weighted by molar-refractivity contribution is 9.10. The molecule has 1 atom stereocenters. The van der Waals surface area contributed by atoms with Crippen molar-refractivity contribution in [2.24, 2.45) is 0 Å². The van der Waals surface area contributed by atoms with Crippen LogP contribution in [0.4, 0.5) is 0 Å². The summed E-state index contributed by atoms with van der Waals surface area (Å²) in [5.41, 5.74) is -0.666. The van der Waals surface area contributed by atoms with Gasteiger partial charge in [-0.2, -0.15) is 0 Å². The van der Waals surface area contributed by atoms with Crippen molar-refractivity contribution in [3.8, 4) is 5.75 Å². The first-order chi connectivity index (χ1) is 10.4. The Labute approximate surface area is 141 Å². The number of halogens is 1. The number of benzene rings is 1. The molecule has 1 aromatic carbocycles.